The van der Waals surface area contributed by atoms with Gasteiger partial charge in [0.05, 0.1) is 5.92 Å². The van der Waals surface area contributed by atoms with Crippen molar-refractivity contribution < 1.29 is 15.0 Å². The lowest BCUT2D eigenvalue weighted by Crippen LogP contribution is -2.15. The summed E-state index contributed by atoms with van der Waals surface area (Å²) in [6.07, 6.45) is 0.840. The van der Waals surface area contributed by atoms with Gasteiger partial charge >= 0.3 is 5.97 Å². The lowest BCUT2D eigenvalue weighted by Gasteiger charge is -2.13. The largest absolute Gasteiger partial charge is 0.508 e. The molecule has 1 aromatic rings. The predicted octanol–water partition coefficient (Wildman–Crippen LogP) is 1.68. The van der Waals surface area contributed by atoms with Crippen LogP contribution < -0.4 is 0 Å². The van der Waals surface area contributed by atoms with Crippen LogP contribution in [0.15, 0.2) is 18.2 Å². The van der Waals surface area contributed by atoms with Gasteiger partial charge in [-0.25, -0.2) is 0 Å². The molecule has 0 saturated carbocycles. The van der Waals surface area contributed by atoms with E-state index in [2.05, 4.69) is 4.90 Å². The molecule has 0 aliphatic rings. The zero-order valence-corrected chi connectivity index (χ0v) is 10.5. The van der Waals surface area contributed by atoms with Crippen LogP contribution in [0.3, 0.4) is 0 Å². The fraction of sp³-hybridized carbons (Fsp3) is 0.462. The maximum atomic E-state index is 10.9. The molecule has 0 bridgehead atoms. The molecule has 1 rings (SSSR count). The summed E-state index contributed by atoms with van der Waals surface area (Å²) in [7, 11) is 3.97. The molecular weight excluding hydrogens is 218 g/mol. The van der Waals surface area contributed by atoms with E-state index < -0.39 is 11.9 Å². The van der Waals surface area contributed by atoms with Crippen LogP contribution in [0.25, 0.3) is 0 Å². The quantitative estimate of drug-likeness (QED) is 0.818. The molecule has 0 aliphatic carbocycles. The highest BCUT2D eigenvalue weighted by atomic mass is 16.4. The number of hydrogen-bond donors (Lipinski definition) is 2. The van der Waals surface area contributed by atoms with Crippen LogP contribution in [-0.2, 0) is 11.2 Å². The van der Waals surface area contributed by atoms with Gasteiger partial charge in [-0.15, -0.1) is 0 Å². The van der Waals surface area contributed by atoms with Crippen LogP contribution in [-0.4, -0.2) is 41.7 Å². The molecule has 1 atom stereocenters. The smallest absolute Gasteiger partial charge is 0.310 e. The highest BCUT2D eigenvalue weighted by Gasteiger charge is 2.17. The van der Waals surface area contributed by atoms with E-state index >= 15 is 0 Å². The van der Waals surface area contributed by atoms with E-state index in [0.29, 0.717) is 5.56 Å². The number of carboxylic acids is 1. The SMILES string of the molecule is CC(C(=O)O)c1cc(CCN(C)C)ccc1O. The summed E-state index contributed by atoms with van der Waals surface area (Å²) in [5.41, 5.74) is 1.52. The van der Waals surface area contributed by atoms with Gasteiger partial charge in [-0.05, 0) is 39.1 Å². The zero-order chi connectivity index (χ0) is 13.0. The molecule has 94 valence electrons. The molecule has 1 aromatic carbocycles. The Morgan fingerprint density at radius 1 is 1.41 bits per heavy atom. The lowest BCUT2D eigenvalue weighted by molar-refractivity contribution is -0.138. The Kier molecular flexibility index (Phi) is 4.52. The first-order valence-electron chi connectivity index (χ1n) is 5.61. The highest BCUT2D eigenvalue weighted by molar-refractivity contribution is 5.76. The van der Waals surface area contributed by atoms with Gasteiger partial charge in [0.1, 0.15) is 5.75 Å². The number of carbonyl (C=O) groups is 1. The number of carboxylic acid groups (broad SMARTS) is 1. The Morgan fingerprint density at radius 2 is 2.06 bits per heavy atom. The molecule has 0 aliphatic heterocycles. The molecule has 0 saturated heterocycles. The summed E-state index contributed by atoms with van der Waals surface area (Å²) in [6, 6.07) is 5.17. The van der Waals surface area contributed by atoms with Gasteiger partial charge in [-0.1, -0.05) is 12.1 Å². The number of phenols is 1. The number of nitrogens with zero attached hydrogens (tertiary/aromatic N) is 1. The van der Waals surface area contributed by atoms with Crippen LogP contribution in [0.4, 0.5) is 0 Å². The Hall–Kier alpha value is -1.55. The third-order valence-electron chi connectivity index (χ3n) is 2.78. The number of aromatic hydroxyl groups is 1. The number of likely N-dealkylation sites (N-methyl/N-ethyl adjacent to an activating group) is 1. The van der Waals surface area contributed by atoms with Crippen molar-refractivity contribution in [2.45, 2.75) is 19.3 Å². The van der Waals surface area contributed by atoms with E-state index in [1.807, 2.05) is 20.2 Å². The van der Waals surface area contributed by atoms with Crippen LogP contribution in [0.2, 0.25) is 0 Å². The van der Waals surface area contributed by atoms with Crippen molar-refractivity contribution in [3.63, 3.8) is 0 Å². The van der Waals surface area contributed by atoms with Crippen molar-refractivity contribution in [1.82, 2.24) is 4.90 Å². The molecule has 17 heavy (non-hydrogen) atoms. The molecule has 0 spiro atoms. The third-order valence-corrected chi connectivity index (χ3v) is 2.78. The lowest BCUT2D eigenvalue weighted by atomic mass is 9.97. The minimum absolute atomic E-state index is 0.0495. The second-order valence-corrected chi connectivity index (χ2v) is 4.51. The van der Waals surface area contributed by atoms with Gasteiger partial charge in [0.15, 0.2) is 0 Å². The molecular formula is C13H19NO3. The predicted molar refractivity (Wildman–Crippen MR) is 66.4 cm³/mol. The van der Waals surface area contributed by atoms with Crippen molar-refractivity contribution >= 4 is 5.97 Å². The first kappa shape index (κ1) is 13.5. The summed E-state index contributed by atoms with van der Waals surface area (Å²) in [5.74, 6) is -1.56. The minimum Gasteiger partial charge on any atom is -0.508 e. The monoisotopic (exact) mass is 237 g/mol. The second-order valence-electron chi connectivity index (χ2n) is 4.51. The van der Waals surface area contributed by atoms with E-state index in [1.54, 1.807) is 19.1 Å². The maximum absolute atomic E-state index is 10.9. The number of benzene rings is 1. The number of hydrogen-bond acceptors (Lipinski definition) is 3. The summed E-state index contributed by atoms with van der Waals surface area (Å²) < 4.78 is 0. The summed E-state index contributed by atoms with van der Waals surface area (Å²) in [4.78, 5) is 13.0. The molecule has 0 radical (unpaired) electrons. The average molecular weight is 237 g/mol. The molecule has 2 N–H and O–H groups in total. The van der Waals surface area contributed by atoms with Gasteiger partial charge in [0.2, 0.25) is 0 Å². The standard InChI is InChI=1S/C13H19NO3/c1-9(13(16)17)11-8-10(4-5-12(11)15)6-7-14(2)3/h4-5,8-9,15H,6-7H2,1-3H3,(H,16,17). The second kappa shape index (κ2) is 5.68. The van der Waals surface area contributed by atoms with Gasteiger partial charge in [0.25, 0.3) is 0 Å². The summed E-state index contributed by atoms with van der Waals surface area (Å²) in [5, 5.41) is 18.6. The van der Waals surface area contributed by atoms with E-state index in [0.717, 1.165) is 18.5 Å². The fourth-order valence-corrected chi connectivity index (χ4v) is 1.59. The van der Waals surface area contributed by atoms with Crippen LogP contribution >= 0.6 is 0 Å². The Balaban J connectivity index is 2.90. The normalized spacial score (nSPS) is 12.7. The van der Waals surface area contributed by atoms with E-state index in [4.69, 9.17) is 5.11 Å². The molecule has 4 heteroatoms. The van der Waals surface area contributed by atoms with Gasteiger partial charge < -0.3 is 15.1 Å². The van der Waals surface area contributed by atoms with Gasteiger partial charge in [-0.3, -0.25) is 4.79 Å². The van der Waals surface area contributed by atoms with Crippen molar-refractivity contribution in [3.05, 3.63) is 29.3 Å². The van der Waals surface area contributed by atoms with Crippen molar-refractivity contribution in [2.75, 3.05) is 20.6 Å². The van der Waals surface area contributed by atoms with Crippen molar-refractivity contribution in [2.24, 2.45) is 0 Å². The Labute approximate surface area is 101 Å². The fourth-order valence-electron chi connectivity index (χ4n) is 1.59. The minimum atomic E-state index is -0.926. The number of phenolic OH excluding ortho intramolecular Hbond substituents is 1. The van der Waals surface area contributed by atoms with E-state index in [9.17, 15) is 9.90 Å². The van der Waals surface area contributed by atoms with Gasteiger partial charge in [-0.2, -0.15) is 0 Å². The Morgan fingerprint density at radius 3 is 2.59 bits per heavy atom. The topological polar surface area (TPSA) is 60.8 Å². The van der Waals surface area contributed by atoms with Crippen LogP contribution in [0.5, 0.6) is 5.75 Å². The molecule has 4 nitrogen and oxygen atoms in total. The van der Waals surface area contributed by atoms with Gasteiger partial charge in [0, 0.05) is 12.1 Å². The number of aliphatic carboxylic acids is 1. The molecule has 1 unspecified atom stereocenters. The van der Waals surface area contributed by atoms with Crippen molar-refractivity contribution in [3.8, 4) is 5.75 Å². The summed E-state index contributed by atoms with van der Waals surface area (Å²) in [6.45, 7) is 2.47. The van der Waals surface area contributed by atoms with E-state index in [1.165, 1.54) is 0 Å². The van der Waals surface area contributed by atoms with E-state index in [-0.39, 0.29) is 5.75 Å². The number of rotatable bonds is 5. The Bertz CT molecular complexity index is 402. The molecule has 0 fully saturated rings. The van der Waals surface area contributed by atoms with Crippen LogP contribution in [0, 0.1) is 0 Å². The molecule has 0 aromatic heterocycles. The average Bonchev–Trinajstić information content (AvgIpc) is 2.26. The van der Waals surface area contributed by atoms with Crippen molar-refractivity contribution in [1.29, 1.82) is 0 Å². The first-order valence-corrected chi connectivity index (χ1v) is 5.61. The zero-order valence-electron chi connectivity index (χ0n) is 10.5. The first-order chi connectivity index (χ1) is 7.91. The molecule has 0 amide bonds. The maximum Gasteiger partial charge on any atom is 0.310 e. The summed E-state index contributed by atoms with van der Waals surface area (Å²) >= 11 is 0. The van der Waals surface area contributed by atoms with Crippen LogP contribution in [0.1, 0.15) is 24.0 Å². The highest BCUT2D eigenvalue weighted by Crippen LogP contribution is 2.27. The molecule has 0 heterocycles. The third kappa shape index (κ3) is 3.75.